The summed E-state index contributed by atoms with van der Waals surface area (Å²) in [4.78, 5) is 13.2. The Morgan fingerprint density at radius 2 is 2.15 bits per heavy atom. The van der Waals surface area contributed by atoms with E-state index in [9.17, 15) is 9.18 Å². The number of aliphatic hydroxyl groups is 1. The molecule has 1 N–H and O–H groups in total. The minimum Gasteiger partial charge on any atom is -0.465 e. The van der Waals surface area contributed by atoms with Gasteiger partial charge in [-0.15, -0.1) is 0 Å². The Morgan fingerprint density at radius 3 is 2.70 bits per heavy atom. The van der Waals surface area contributed by atoms with Gasteiger partial charge in [0.1, 0.15) is 6.17 Å². The molecule has 1 fully saturated rings. The minimum absolute atomic E-state index is 0.0318. The lowest BCUT2D eigenvalue weighted by Gasteiger charge is -2.39. The molecule has 0 radical (unpaired) electrons. The van der Waals surface area contributed by atoms with Gasteiger partial charge in [-0.05, 0) is 30.7 Å². The van der Waals surface area contributed by atoms with Crippen molar-refractivity contribution < 1.29 is 19.0 Å². The van der Waals surface area contributed by atoms with Gasteiger partial charge in [-0.2, -0.15) is 0 Å². The summed E-state index contributed by atoms with van der Waals surface area (Å²) in [6.45, 7) is 0.0805. The van der Waals surface area contributed by atoms with E-state index in [0.717, 1.165) is 5.69 Å². The second-order valence-electron chi connectivity index (χ2n) is 4.82. The van der Waals surface area contributed by atoms with Gasteiger partial charge >= 0.3 is 5.97 Å². The summed E-state index contributed by atoms with van der Waals surface area (Å²) < 4.78 is 18.6. The van der Waals surface area contributed by atoms with Gasteiger partial charge < -0.3 is 14.7 Å². The molecule has 0 saturated carbocycles. The highest BCUT2D eigenvalue weighted by molar-refractivity contribution is 9.09. The Balaban J connectivity index is 2.13. The second-order valence-corrected chi connectivity index (χ2v) is 5.88. The first kappa shape index (κ1) is 15.3. The molecular weight excluding hydrogens is 329 g/mol. The summed E-state index contributed by atoms with van der Waals surface area (Å²) in [6, 6.07) is 6.86. The quantitative estimate of drug-likeness (QED) is 0.519. The van der Waals surface area contributed by atoms with Crippen LogP contribution in [0.15, 0.2) is 24.3 Å². The van der Waals surface area contributed by atoms with E-state index in [-0.39, 0.29) is 24.0 Å². The molecule has 0 aliphatic carbocycles. The van der Waals surface area contributed by atoms with Crippen LogP contribution in [0.5, 0.6) is 0 Å². The summed E-state index contributed by atoms with van der Waals surface area (Å²) in [5, 5.41) is 9.13. The largest absolute Gasteiger partial charge is 0.465 e. The lowest BCUT2D eigenvalue weighted by atomic mass is 9.95. The van der Waals surface area contributed by atoms with E-state index in [1.165, 1.54) is 7.11 Å². The lowest BCUT2D eigenvalue weighted by molar-refractivity contribution is 0.0600. The predicted molar refractivity (Wildman–Crippen MR) is 77.9 cm³/mol. The number of ether oxygens (including phenoxy) is 1. The first-order valence-electron chi connectivity index (χ1n) is 6.40. The number of hydrogen-bond acceptors (Lipinski definition) is 4. The highest BCUT2D eigenvalue weighted by Crippen LogP contribution is 2.32. The molecule has 0 amide bonds. The highest BCUT2D eigenvalue weighted by atomic mass is 79.9. The molecule has 6 heteroatoms. The number of carbonyl (C=O) groups is 1. The van der Waals surface area contributed by atoms with Gasteiger partial charge in [0, 0.05) is 18.2 Å². The number of rotatable bonds is 3. The predicted octanol–water partition coefficient (Wildman–Crippen LogP) is 2.35. The van der Waals surface area contributed by atoms with Crippen LogP contribution >= 0.6 is 15.9 Å². The standard InChI is InChI=1S/C14H17BrFNO3/c1-20-14(19)9-2-4-11(5-3-9)17-7-12(16)10(8-18)6-13(17)15/h2-5,10,12-13,18H,6-8H2,1H3. The van der Waals surface area contributed by atoms with Crippen molar-refractivity contribution in [1.82, 2.24) is 0 Å². The summed E-state index contributed by atoms with van der Waals surface area (Å²) in [5.41, 5.74) is 1.29. The van der Waals surface area contributed by atoms with Gasteiger partial charge in [0.25, 0.3) is 0 Å². The van der Waals surface area contributed by atoms with Crippen molar-refractivity contribution in [3.63, 3.8) is 0 Å². The SMILES string of the molecule is COC(=O)c1ccc(N2CC(F)C(CO)CC2Br)cc1. The van der Waals surface area contributed by atoms with E-state index >= 15 is 0 Å². The van der Waals surface area contributed by atoms with Crippen LogP contribution in [0, 0.1) is 5.92 Å². The maximum absolute atomic E-state index is 13.9. The average molecular weight is 346 g/mol. The molecular formula is C14H17BrFNO3. The van der Waals surface area contributed by atoms with Crippen LogP contribution in [0.2, 0.25) is 0 Å². The first-order chi connectivity index (χ1) is 9.56. The monoisotopic (exact) mass is 345 g/mol. The fourth-order valence-electron chi connectivity index (χ4n) is 2.34. The van der Waals surface area contributed by atoms with Crippen LogP contribution in [-0.2, 0) is 4.74 Å². The van der Waals surface area contributed by atoms with Crippen molar-refractivity contribution in [1.29, 1.82) is 0 Å². The van der Waals surface area contributed by atoms with Gasteiger partial charge in [0.05, 0.1) is 24.2 Å². The third-order valence-corrected chi connectivity index (χ3v) is 4.44. The number of methoxy groups -OCH3 is 1. The number of carbonyl (C=O) groups excluding carboxylic acids is 1. The molecule has 3 atom stereocenters. The van der Waals surface area contributed by atoms with E-state index in [1.807, 2.05) is 4.90 Å². The molecule has 1 aliphatic heterocycles. The molecule has 0 aromatic heterocycles. The first-order valence-corrected chi connectivity index (χ1v) is 7.32. The minimum atomic E-state index is -1.06. The number of halogens is 2. The van der Waals surface area contributed by atoms with Crippen LogP contribution in [0.25, 0.3) is 0 Å². The zero-order valence-electron chi connectivity index (χ0n) is 11.1. The molecule has 110 valence electrons. The number of hydrogen-bond donors (Lipinski definition) is 1. The molecule has 1 heterocycles. The van der Waals surface area contributed by atoms with Crippen LogP contribution in [0.1, 0.15) is 16.8 Å². The van der Waals surface area contributed by atoms with E-state index in [1.54, 1.807) is 24.3 Å². The Hall–Kier alpha value is -1.14. The third-order valence-electron chi connectivity index (χ3n) is 3.57. The van der Waals surface area contributed by atoms with E-state index in [0.29, 0.717) is 12.0 Å². The number of aliphatic hydroxyl groups excluding tert-OH is 1. The van der Waals surface area contributed by atoms with Gasteiger partial charge in [-0.1, -0.05) is 15.9 Å². The van der Waals surface area contributed by atoms with E-state index in [2.05, 4.69) is 20.7 Å². The fraction of sp³-hybridized carbons (Fsp3) is 0.500. The number of alkyl halides is 2. The fourth-order valence-corrected chi connectivity index (χ4v) is 3.22. The zero-order chi connectivity index (χ0) is 14.7. The molecule has 0 spiro atoms. The van der Waals surface area contributed by atoms with Crippen molar-refractivity contribution in [3.8, 4) is 0 Å². The molecule has 1 aromatic rings. The van der Waals surface area contributed by atoms with Crippen LogP contribution < -0.4 is 4.90 Å². The molecule has 1 aliphatic rings. The van der Waals surface area contributed by atoms with Gasteiger partial charge in [-0.3, -0.25) is 0 Å². The summed E-state index contributed by atoms with van der Waals surface area (Å²) in [6.07, 6.45) is -0.523. The van der Waals surface area contributed by atoms with Gasteiger partial charge in [-0.25, -0.2) is 9.18 Å². The topological polar surface area (TPSA) is 49.8 Å². The Labute approximate surface area is 125 Å². The Bertz CT molecular complexity index is 468. The molecule has 1 aromatic carbocycles. The number of benzene rings is 1. The highest BCUT2D eigenvalue weighted by Gasteiger charge is 2.34. The number of esters is 1. The Kier molecular flexibility index (Phi) is 4.99. The van der Waals surface area contributed by atoms with Crippen molar-refractivity contribution in [2.24, 2.45) is 5.92 Å². The van der Waals surface area contributed by atoms with Crippen LogP contribution in [-0.4, -0.2) is 42.5 Å². The van der Waals surface area contributed by atoms with Crippen molar-refractivity contribution in [2.75, 3.05) is 25.2 Å². The van der Waals surface area contributed by atoms with Crippen LogP contribution in [0.4, 0.5) is 10.1 Å². The zero-order valence-corrected chi connectivity index (χ0v) is 12.7. The molecule has 4 nitrogen and oxygen atoms in total. The van der Waals surface area contributed by atoms with E-state index in [4.69, 9.17) is 5.11 Å². The number of nitrogens with zero attached hydrogens (tertiary/aromatic N) is 1. The summed E-state index contributed by atoms with van der Waals surface area (Å²) in [7, 11) is 1.33. The molecule has 2 rings (SSSR count). The van der Waals surface area contributed by atoms with Crippen LogP contribution in [0.3, 0.4) is 0 Å². The molecule has 3 unspecified atom stereocenters. The van der Waals surface area contributed by atoms with E-state index < -0.39 is 12.1 Å². The van der Waals surface area contributed by atoms with Crippen molar-refractivity contribution in [3.05, 3.63) is 29.8 Å². The summed E-state index contributed by atoms with van der Waals surface area (Å²) >= 11 is 3.52. The summed E-state index contributed by atoms with van der Waals surface area (Å²) in [5.74, 6) is -0.723. The second kappa shape index (κ2) is 6.54. The molecule has 1 saturated heterocycles. The molecule has 0 bridgehead atoms. The normalized spacial score (nSPS) is 26.4. The van der Waals surface area contributed by atoms with Crippen molar-refractivity contribution >= 4 is 27.6 Å². The van der Waals surface area contributed by atoms with Gasteiger partial charge in [0.2, 0.25) is 0 Å². The smallest absolute Gasteiger partial charge is 0.337 e. The number of anilines is 1. The number of piperidine rings is 1. The third kappa shape index (κ3) is 3.12. The maximum atomic E-state index is 13.9. The van der Waals surface area contributed by atoms with Crippen molar-refractivity contribution in [2.45, 2.75) is 17.5 Å². The molecule has 20 heavy (non-hydrogen) atoms. The van der Waals surface area contributed by atoms with Gasteiger partial charge in [0.15, 0.2) is 0 Å². The Morgan fingerprint density at radius 1 is 1.50 bits per heavy atom. The maximum Gasteiger partial charge on any atom is 0.337 e. The average Bonchev–Trinajstić information content (AvgIpc) is 2.48. The lowest BCUT2D eigenvalue weighted by Crippen LogP contribution is -2.47.